The summed E-state index contributed by atoms with van der Waals surface area (Å²) in [6.07, 6.45) is 3.94. The number of ether oxygens (including phenoxy) is 1. The molecule has 1 aromatic carbocycles. The van der Waals surface area contributed by atoms with Gasteiger partial charge in [-0.2, -0.15) is 5.10 Å². The van der Waals surface area contributed by atoms with Crippen LogP contribution in [0.3, 0.4) is 0 Å². The molecule has 0 aliphatic heterocycles. The summed E-state index contributed by atoms with van der Waals surface area (Å²) in [5.74, 6) is -1.28. The van der Waals surface area contributed by atoms with Gasteiger partial charge in [-0.1, -0.05) is 17.7 Å². The number of hydrogen-bond donors (Lipinski definition) is 0. The first-order chi connectivity index (χ1) is 9.63. The summed E-state index contributed by atoms with van der Waals surface area (Å²) in [6.45, 7) is 0. The molecule has 101 valence electrons. The van der Waals surface area contributed by atoms with E-state index in [1.54, 1.807) is 0 Å². The molecule has 7 heteroatoms. The van der Waals surface area contributed by atoms with Crippen LogP contribution < -0.4 is 4.74 Å². The Kier molecular flexibility index (Phi) is 3.02. The number of rotatable bonds is 2. The molecule has 0 bridgehead atoms. The molecule has 1 radical (unpaired) electrons. The van der Waals surface area contributed by atoms with Crippen LogP contribution in [-0.4, -0.2) is 21.9 Å². The molecule has 0 amide bonds. The van der Waals surface area contributed by atoms with Gasteiger partial charge in [-0.05, 0) is 12.1 Å². The molecule has 0 saturated carbocycles. The Hall–Kier alpha value is -2.21. The summed E-state index contributed by atoms with van der Waals surface area (Å²) in [6, 6.07) is 3.55. The first-order valence-corrected chi connectivity index (χ1v) is 5.94. The summed E-state index contributed by atoms with van der Waals surface area (Å²) in [4.78, 5) is 3.95. The van der Waals surface area contributed by atoms with Crippen molar-refractivity contribution >= 4 is 22.5 Å². The van der Waals surface area contributed by atoms with E-state index in [0.717, 1.165) is 16.8 Å². The minimum atomic E-state index is -0.754. The molecule has 0 unspecified atom stereocenters. The normalized spacial score (nSPS) is 11.0. The van der Waals surface area contributed by atoms with E-state index in [9.17, 15) is 8.78 Å². The monoisotopic (exact) mass is 294 g/mol. The second-order valence-electron chi connectivity index (χ2n) is 3.93. The lowest BCUT2D eigenvalue weighted by molar-refractivity contribution is 0.403. The van der Waals surface area contributed by atoms with E-state index < -0.39 is 11.6 Å². The second kappa shape index (κ2) is 4.72. The Morgan fingerprint density at radius 3 is 2.65 bits per heavy atom. The minimum Gasteiger partial charge on any atom is -0.480 e. The van der Waals surface area contributed by atoms with Gasteiger partial charge in [-0.15, -0.1) is 0 Å². The van der Waals surface area contributed by atoms with Gasteiger partial charge in [-0.3, -0.25) is 0 Å². The Balaban J connectivity index is 2.39. The summed E-state index contributed by atoms with van der Waals surface area (Å²) >= 11 is 6.04. The molecule has 0 spiro atoms. The molecule has 3 rings (SSSR count). The van der Waals surface area contributed by atoms with Crippen LogP contribution in [0.25, 0.3) is 16.6 Å². The molecular formula is C13H7ClF2N3O. The van der Waals surface area contributed by atoms with Gasteiger partial charge in [0.1, 0.15) is 17.4 Å². The van der Waals surface area contributed by atoms with Gasteiger partial charge in [0.2, 0.25) is 5.88 Å². The van der Waals surface area contributed by atoms with E-state index in [1.165, 1.54) is 19.4 Å². The molecule has 2 heterocycles. The number of methoxy groups -OCH3 is 1. The molecule has 0 fully saturated rings. The van der Waals surface area contributed by atoms with Crippen molar-refractivity contribution in [2.75, 3.05) is 7.11 Å². The predicted octanol–water partition coefficient (Wildman–Crippen LogP) is 3.16. The molecule has 2 aromatic heterocycles. The third kappa shape index (κ3) is 1.80. The van der Waals surface area contributed by atoms with Crippen LogP contribution in [-0.2, 0) is 0 Å². The van der Waals surface area contributed by atoms with Gasteiger partial charge in [0.15, 0.2) is 11.6 Å². The number of aromatic nitrogens is 3. The van der Waals surface area contributed by atoms with Crippen molar-refractivity contribution < 1.29 is 13.5 Å². The van der Waals surface area contributed by atoms with Crippen molar-refractivity contribution in [3.05, 3.63) is 47.2 Å². The van der Waals surface area contributed by atoms with E-state index in [-0.39, 0.29) is 22.1 Å². The number of para-hydroxylation sites is 1. The molecule has 20 heavy (non-hydrogen) atoms. The highest BCUT2D eigenvalue weighted by molar-refractivity contribution is 6.35. The zero-order valence-corrected chi connectivity index (χ0v) is 10.9. The predicted molar refractivity (Wildman–Crippen MR) is 69.2 cm³/mol. The van der Waals surface area contributed by atoms with Gasteiger partial charge in [0, 0.05) is 0 Å². The Morgan fingerprint density at radius 2 is 2.00 bits per heavy atom. The Morgan fingerprint density at radius 1 is 1.30 bits per heavy atom. The molecule has 0 N–H and O–H groups in total. The fraction of sp³-hybridized carbons (Fsp3) is 0.0769. The highest BCUT2D eigenvalue weighted by Gasteiger charge is 2.19. The van der Waals surface area contributed by atoms with E-state index >= 15 is 0 Å². The van der Waals surface area contributed by atoms with Gasteiger partial charge in [-0.25, -0.2) is 18.4 Å². The standard InChI is InChI=1S/C13H7ClF2N3O/c1-20-13-7-5-18-19(11(7)8(14)6-17-13)12-9(15)3-2-4-10(12)16/h2-4,6H,1H3. The maximum atomic E-state index is 13.9. The minimum absolute atomic E-state index is 0.192. The van der Waals surface area contributed by atoms with E-state index in [2.05, 4.69) is 16.3 Å². The van der Waals surface area contributed by atoms with Crippen molar-refractivity contribution in [1.82, 2.24) is 14.8 Å². The molecule has 0 aliphatic carbocycles. The Bertz CT molecular complexity index is 783. The third-order valence-electron chi connectivity index (χ3n) is 2.79. The molecule has 0 saturated heterocycles. The van der Waals surface area contributed by atoms with Crippen LogP contribution in [0.1, 0.15) is 0 Å². The number of nitrogens with zero attached hydrogens (tertiary/aromatic N) is 3. The number of benzene rings is 1. The SMILES string of the molecule is COc1ncc(Cl)c2c1[c]nn2-c1c(F)cccc1F. The lowest BCUT2D eigenvalue weighted by Crippen LogP contribution is -2.03. The lowest BCUT2D eigenvalue weighted by Gasteiger charge is -2.08. The summed E-state index contributed by atoms with van der Waals surface area (Å²) < 4.78 is 33.8. The highest BCUT2D eigenvalue weighted by atomic mass is 35.5. The smallest absolute Gasteiger partial charge is 0.225 e. The largest absolute Gasteiger partial charge is 0.480 e. The van der Waals surface area contributed by atoms with Crippen molar-refractivity contribution in [3.63, 3.8) is 0 Å². The van der Waals surface area contributed by atoms with Gasteiger partial charge < -0.3 is 4.74 Å². The maximum absolute atomic E-state index is 13.9. The van der Waals surface area contributed by atoms with Gasteiger partial charge in [0.05, 0.1) is 23.7 Å². The zero-order chi connectivity index (χ0) is 14.3. The average molecular weight is 295 g/mol. The lowest BCUT2D eigenvalue weighted by atomic mass is 10.2. The summed E-state index contributed by atoms with van der Waals surface area (Å²) in [7, 11) is 1.42. The maximum Gasteiger partial charge on any atom is 0.225 e. The van der Waals surface area contributed by atoms with Crippen molar-refractivity contribution in [1.29, 1.82) is 0 Å². The van der Waals surface area contributed by atoms with Crippen molar-refractivity contribution in [3.8, 4) is 11.6 Å². The zero-order valence-electron chi connectivity index (χ0n) is 10.2. The molecule has 0 atom stereocenters. The van der Waals surface area contributed by atoms with Crippen LogP contribution in [0.15, 0.2) is 24.4 Å². The van der Waals surface area contributed by atoms with Crippen LogP contribution >= 0.6 is 11.6 Å². The number of pyridine rings is 1. The molecule has 3 aromatic rings. The number of hydrogen-bond acceptors (Lipinski definition) is 3. The van der Waals surface area contributed by atoms with Crippen molar-refractivity contribution in [2.24, 2.45) is 0 Å². The third-order valence-corrected chi connectivity index (χ3v) is 3.06. The number of halogens is 3. The molecular weight excluding hydrogens is 288 g/mol. The van der Waals surface area contributed by atoms with Crippen LogP contribution in [0.5, 0.6) is 5.88 Å². The Labute approximate surface area is 117 Å². The fourth-order valence-corrected chi connectivity index (χ4v) is 2.15. The second-order valence-corrected chi connectivity index (χ2v) is 4.34. The summed E-state index contributed by atoms with van der Waals surface area (Å²) in [5.41, 5.74) is -0.0450. The fourth-order valence-electron chi connectivity index (χ4n) is 1.93. The van der Waals surface area contributed by atoms with Crippen LogP contribution in [0.2, 0.25) is 5.02 Å². The van der Waals surface area contributed by atoms with Gasteiger partial charge in [0.25, 0.3) is 0 Å². The topological polar surface area (TPSA) is 39.9 Å². The van der Waals surface area contributed by atoms with E-state index in [1.807, 2.05) is 0 Å². The van der Waals surface area contributed by atoms with E-state index in [4.69, 9.17) is 16.3 Å². The first-order valence-electron chi connectivity index (χ1n) is 5.56. The van der Waals surface area contributed by atoms with Crippen LogP contribution in [0.4, 0.5) is 8.78 Å². The quantitative estimate of drug-likeness (QED) is 0.729. The average Bonchev–Trinajstić information content (AvgIpc) is 2.85. The van der Waals surface area contributed by atoms with Crippen LogP contribution in [0, 0.1) is 17.8 Å². The number of fused-ring (bicyclic) bond motifs is 1. The highest BCUT2D eigenvalue weighted by Crippen LogP contribution is 2.31. The molecule has 0 aliphatic rings. The molecule has 4 nitrogen and oxygen atoms in total. The summed E-state index contributed by atoms with van der Waals surface area (Å²) in [5, 5.41) is 4.41. The van der Waals surface area contributed by atoms with Gasteiger partial charge >= 0.3 is 0 Å². The first kappa shape index (κ1) is 12.8. The van der Waals surface area contributed by atoms with Crippen molar-refractivity contribution in [2.45, 2.75) is 0 Å². The van der Waals surface area contributed by atoms with E-state index in [0.29, 0.717) is 5.39 Å².